The number of anilines is 1. The Hall–Kier alpha value is -3.79. The zero-order valence-electron chi connectivity index (χ0n) is 17.0. The highest BCUT2D eigenvalue weighted by Gasteiger charge is 2.53. The number of aromatic nitrogens is 5. The van der Waals surface area contributed by atoms with Crippen molar-refractivity contribution in [2.45, 2.75) is 18.6 Å². The van der Waals surface area contributed by atoms with Gasteiger partial charge in [-0.25, -0.2) is 14.5 Å². The molecule has 2 amide bonds. The van der Waals surface area contributed by atoms with Gasteiger partial charge in [0.05, 0.1) is 12.6 Å². The molecule has 2 aliphatic rings. The highest BCUT2D eigenvalue weighted by atomic mass is 32.2. The Kier molecular flexibility index (Phi) is 6.36. The van der Waals surface area contributed by atoms with E-state index in [1.54, 1.807) is 12.2 Å². The quantitative estimate of drug-likeness (QED) is 0.234. The van der Waals surface area contributed by atoms with Gasteiger partial charge in [-0.2, -0.15) is 0 Å². The fourth-order valence-corrected chi connectivity index (χ4v) is 5.04. The summed E-state index contributed by atoms with van der Waals surface area (Å²) in [5.41, 5.74) is 5.55. The minimum Gasteiger partial charge on any atom is -0.477 e. The molecule has 0 aliphatic carbocycles. The van der Waals surface area contributed by atoms with E-state index in [0.717, 1.165) is 11.3 Å². The Morgan fingerprint density at radius 2 is 2.30 bits per heavy atom. The van der Waals surface area contributed by atoms with Crippen molar-refractivity contribution in [1.29, 1.82) is 0 Å². The molecule has 0 unspecified atom stereocenters. The molecule has 0 saturated carbocycles. The van der Waals surface area contributed by atoms with Crippen LogP contribution in [0.4, 0.5) is 5.13 Å². The number of thiazole rings is 1. The maximum atomic E-state index is 12.8. The molecule has 1 saturated heterocycles. The standard InChI is InChI=1S/C17H17N9O5S2/c1-31-22-11(8-5-33-17(18)20-8)14(27)21-12-9-6-32-10(3-2-4-25-7-19-23-24-25)13(16(29)30)26(9)15(12)28/h2-3,5,7,9,12H,4,6H2,1H3,(H2,18,20)(H,21,27)(H,29,30)/b3-2+,22-11-/t9-,12+/m1/s1. The number of hydrogen-bond acceptors (Lipinski definition) is 12. The lowest BCUT2D eigenvalue weighted by atomic mass is 9.94. The number of carboxylic acids is 1. The van der Waals surface area contributed by atoms with Crippen LogP contribution in [-0.4, -0.2) is 83.6 Å². The summed E-state index contributed by atoms with van der Waals surface area (Å²) in [7, 11) is 1.27. The molecule has 14 nitrogen and oxygen atoms in total. The van der Waals surface area contributed by atoms with Crippen LogP contribution in [0, 0.1) is 0 Å². The maximum absolute atomic E-state index is 12.8. The highest BCUT2D eigenvalue weighted by Crippen LogP contribution is 2.39. The third-order valence-electron chi connectivity index (χ3n) is 4.71. The molecule has 33 heavy (non-hydrogen) atoms. The average Bonchev–Trinajstić information content (AvgIpc) is 3.46. The van der Waals surface area contributed by atoms with E-state index in [9.17, 15) is 19.5 Å². The summed E-state index contributed by atoms with van der Waals surface area (Å²) in [6, 6.07) is -1.44. The number of nitrogens with zero attached hydrogens (tertiary/aromatic N) is 7. The van der Waals surface area contributed by atoms with Crippen LogP contribution in [0.3, 0.4) is 0 Å². The van der Waals surface area contributed by atoms with Gasteiger partial charge in [0.15, 0.2) is 10.8 Å². The number of rotatable bonds is 8. The topological polar surface area (TPSA) is 191 Å². The number of fused-ring (bicyclic) bond motifs is 1. The second kappa shape index (κ2) is 9.37. The first-order valence-corrected chi connectivity index (χ1v) is 11.2. The van der Waals surface area contributed by atoms with Crippen LogP contribution in [0.2, 0.25) is 0 Å². The Balaban J connectivity index is 1.49. The number of β-lactam (4-membered cyclic amide) rings is 1. The molecule has 2 aromatic rings. The maximum Gasteiger partial charge on any atom is 0.353 e. The highest BCUT2D eigenvalue weighted by molar-refractivity contribution is 8.03. The first kappa shape index (κ1) is 22.4. The van der Waals surface area contributed by atoms with Crippen LogP contribution in [0.5, 0.6) is 0 Å². The summed E-state index contributed by atoms with van der Waals surface area (Å²) < 4.78 is 1.46. The Labute approximate surface area is 194 Å². The lowest BCUT2D eigenvalue weighted by molar-refractivity contribution is -0.153. The first-order chi connectivity index (χ1) is 15.9. The van der Waals surface area contributed by atoms with Gasteiger partial charge in [-0.05, 0) is 16.5 Å². The van der Waals surface area contributed by atoms with Crippen molar-refractivity contribution in [2.24, 2.45) is 5.16 Å². The molecule has 0 bridgehead atoms. The van der Waals surface area contributed by atoms with Crippen molar-refractivity contribution in [3.63, 3.8) is 0 Å². The molecule has 2 aromatic heterocycles. The molecular weight excluding hydrogens is 474 g/mol. The van der Waals surface area contributed by atoms with Crippen molar-refractivity contribution in [1.82, 2.24) is 35.4 Å². The van der Waals surface area contributed by atoms with Gasteiger partial charge >= 0.3 is 5.97 Å². The lowest BCUT2D eigenvalue weighted by Gasteiger charge is -2.49. The number of hydrogen-bond donors (Lipinski definition) is 3. The van der Waals surface area contributed by atoms with Gasteiger partial charge in [0.1, 0.15) is 30.9 Å². The number of carbonyl (C=O) groups is 3. The third-order valence-corrected chi connectivity index (χ3v) is 6.53. The van der Waals surface area contributed by atoms with E-state index in [2.05, 4.69) is 31.0 Å². The van der Waals surface area contributed by atoms with E-state index in [1.165, 1.54) is 40.2 Å². The van der Waals surface area contributed by atoms with E-state index >= 15 is 0 Å². The van der Waals surface area contributed by atoms with E-state index < -0.39 is 29.9 Å². The molecule has 172 valence electrons. The van der Waals surface area contributed by atoms with Crippen molar-refractivity contribution in [2.75, 3.05) is 18.6 Å². The van der Waals surface area contributed by atoms with E-state index in [1.807, 2.05) is 0 Å². The van der Waals surface area contributed by atoms with Crippen LogP contribution in [-0.2, 0) is 25.8 Å². The zero-order valence-corrected chi connectivity index (χ0v) is 18.6. The minimum absolute atomic E-state index is 0.139. The van der Waals surface area contributed by atoms with Gasteiger partial charge in [0.2, 0.25) is 0 Å². The fraction of sp³-hybridized carbons (Fsp3) is 0.294. The molecule has 4 heterocycles. The van der Waals surface area contributed by atoms with Crippen LogP contribution < -0.4 is 11.1 Å². The van der Waals surface area contributed by atoms with Crippen LogP contribution in [0.15, 0.2) is 39.6 Å². The number of nitrogens with one attached hydrogen (secondary N) is 1. The molecule has 2 aliphatic heterocycles. The normalized spacial score (nSPS) is 20.6. The van der Waals surface area contributed by atoms with E-state index in [-0.39, 0.29) is 22.2 Å². The number of thioether (sulfide) groups is 1. The summed E-state index contributed by atoms with van der Waals surface area (Å²) in [5.74, 6) is -2.07. The predicted molar refractivity (Wildman–Crippen MR) is 117 cm³/mol. The minimum atomic E-state index is -1.24. The summed E-state index contributed by atoms with van der Waals surface area (Å²) in [6.07, 6.45) is 4.73. The number of amides is 2. The number of nitrogen functional groups attached to an aromatic ring is 1. The molecule has 1 fully saturated rings. The average molecular weight is 492 g/mol. The second-order valence-corrected chi connectivity index (χ2v) is 8.63. The Morgan fingerprint density at radius 1 is 1.48 bits per heavy atom. The monoisotopic (exact) mass is 491 g/mol. The number of allylic oxidation sites excluding steroid dienone is 2. The molecular formula is C17H17N9O5S2. The molecule has 4 rings (SSSR count). The van der Waals surface area contributed by atoms with Gasteiger partial charge < -0.3 is 21.0 Å². The van der Waals surface area contributed by atoms with Crippen molar-refractivity contribution in [3.05, 3.63) is 40.2 Å². The summed E-state index contributed by atoms with van der Waals surface area (Å²) in [5, 5.41) is 28.6. The predicted octanol–water partition coefficient (Wildman–Crippen LogP) is -0.943. The van der Waals surface area contributed by atoms with Crippen LogP contribution in [0.25, 0.3) is 0 Å². The molecule has 0 aromatic carbocycles. The molecule has 2 atom stereocenters. The number of carbonyl (C=O) groups excluding carboxylic acids is 2. The third kappa shape index (κ3) is 4.42. The molecule has 0 spiro atoms. The van der Waals surface area contributed by atoms with Crippen molar-refractivity contribution < 1.29 is 24.3 Å². The lowest BCUT2D eigenvalue weighted by Crippen LogP contribution is -2.73. The Bertz CT molecular complexity index is 1170. The van der Waals surface area contributed by atoms with Crippen LogP contribution >= 0.6 is 23.1 Å². The van der Waals surface area contributed by atoms with Gasteiger partial charge in [-0.1, -0.05) is 11.2 Å². The summed E-state index contributed by atoms with van der Waals surface area (Å²) in [6.45, 7) is 0.336. The number of carboxylic acid groups (broad SMARTS) is 1. The molecule has 0 radical (unpaired) electrons. The van der Waals surface area contributed by atoms with E-state index in [4.69, 9.17) is 10.6 Å². The Morgan fingerprint density at radius 3 is 2.94 bits per heavy atom. The summed E-state index contributed by atoms with van der Waals surface area (Å²) >= 11 is 2.40. The van der Waals surface area contributed by atoms with Gasteiger partial charge in [-0.3, -0.25) is 14.5 Å². The number of nitrogens with two attached hydrogens (primary N) is 1. The van der Waals surface area contributed by atoms with Crippen LogP contribution in [0.1, 0.15) is 5.69 Å². The fourth-order valence-electron chi connectivity index (χ4n) is 3.28. The number of aliphatic carboxylic acids is 1. The first-order valence-electron chi connectivity index (χ1n) is 9.34. The number of tetrazole rings is 1. The molecule has 16 heteroatoms. The van der Waals surface area contributed by atoms with Gasteiger partial charge in [0, 0.05) is 16.0 Å². The van der Waals surface area contributed by atoms with Gasteiger partial charge in [-0.15, -0.1) is 28.2 Å². The smallest absolute Gasteiger partial charge is 0.353 e. The largest absolute Gasteiger partial charge is 0.477 e. The summed E-state index contributed by atoms with van der Waals surface area (Å²) in [4.78, 5) is 47.9. The van der Waals surface area contributed by atoms with Crippen molar-refractivity contribution >= 4 is 51.7 Å². The molecule has 4 N–H and O–H groups in total. The van der Waals surface area contributed by atoms with Crippen molar-refractivity contribution in [3.8, 4) is 0 Å². The second-order valence-electron chi connectivity index (χ2n) is 6.68. The SMILES string of the molecule is CO/N=C(\C(=O)N[C@@H]1C(=O)N2C(C(=O)O)=C(/C=C/Cn3cnnn3)SC[C@H]12)c1csc(N)n1. The zero-order chi connectivity index (χ0) is 23.5. The van der Waals surface area contributed by atoms with Gasteiger partial charge in [0.25, 0.3) is 11.8 Å². The number of oxime groups is 1. The van der Waals surface area contributed by atoms with E-state index in [0.29, 0.717) is 17.2 Å².